The Bertz CT molecular complexity index is 1090. The van der Waals surface area contributed by atoms with Gasteiger partial charge in [-0.05, 0) is 48.6 Å². The van der Waals surface area contributed by atoms with Crippen LogP contribution in [-0.4, -0.2) is 35.9 Å². The highest BCUT2D eigenvalue weighted by Crippen LogP contribution is 2.29. The lowest BCUT2D eigenvalue weighted by Crippen LogP contribution is -2.50. The van der Waals surface area contributed by atoms with E-state index >= 15 is 0 Å². The third-order valence-corrected chi connectivity index (χ3v) is 7.41. The Morgan fingerprint density at radius 2 is 1.43 bits per heavy atom. The molecule has 194 valence electrons. The van der Waals surface area contributed by atoms with E-state index in [2.05, 4.69) is 29.6 Å². The van der Waals surface area contributed by atoms with Gasteiger partial charge in [0.25, 0.3) is 0 Å². The molecule has 1 N–H and O–H groups in total. The van der Waals surface area contributed by atoms with Gasteiger partial charge in [-0.3, -0.25) is 9.59 Å². The minimum absolute atomic E-state index is 0.0418. The number of methoxy groups -OCH3 is 1. The summed E-state index contributed by atoms with van der Waals surface area (Å²) in [6.07, 6.45) is 5.81. The van der Waals surface area contributed by atoms with Gasteiger partial charge < -0.3 is 15.0 Å². The highest BCUT2D eigenvalue weighted by atomic mass is 16.5. The number of benzene rings is 3. The van der Waals surface area contributed by atoms with E-state index in [-0.39, 0.29) is 30.2 Å². The summed E-state index contributed by atoms with van der Waals surface area (Å²) in [4.78, 5) is 29.1. The van der Waals surface area contributed by atoms with E-state index in [1.807, 2.05) is 67.6 Å². The zero-order valence-corrected chi connectivity index (χ0v) is 21.9. The Labute approximate surface area is 220 Å². The molecule has 0 radical (unpaired) electrons. The van der Waals surface area contributed by atoms with Crippen LogP contribution in [0.25, 0.3) is 0 Å². The molecule has 1 saturated carbocycles. The van der Waals surface area contributed by atoms with Gasteiger partial charge in [-0.1, -0.05) is 92.1 Å². The van der Waals surface area contributed by atoms with Crippen LogP contribution in [0, 0.1) is 0 Å². The zero-order valence-electron chi connectivity index (χ0n) is 21.9. The molecule has 0 bridgehead atoms. The fourth-order valence-electron chi connectivity index (χ4n) is 5.17. The molecule has 0 unspecified atom stereocenters. The molecular formula is C32H38N2O3. The first kappa shape index (κ1) is 26.5. The summed E-state index contributed by atoms with van der Waals surface area (Å²) in [7, 11) is 1.63. The van der Waals surface area contributed by atoms with Gasteiger partial charge >= 0.3 is 0 Å². The average molecular weight is 499 g/mol. The number of hydrogen-bond acceptors (Lipinski definition) is 3. The van der Waals surface area contributed by atoms with Gasteiger partial charge in [-0.2, -0.15) is 0 Å². The van der Waals surface area contributed by atoms with Gasteiger partial charge in [-0.25, -0.2) is 0 Å². The van der Waals surface area contributed by atoms with E-state index in [9.17, 15) is 9.59 Å². The van der Waals surface area contributed by atoms with Crippen LogP contribution in [-0.2, 0) is 16.1 Å². The van der Waals surface area contributed by atoms with Gasteiger partial charge in [0.15, 0.2) is 0 Å². The maximum atomic E-state index is 14.0. The van der Waals surface area contributed by atoms with Crippen molar-refractivity contribution in [3.63, 3.8) is 0 Å². The molecular weight excluding hydrogens is 460 g/mol. The van der Waals surface area contributed by atoms with Crippen molar-refractivity contribution in [1.82, 2.24) is 10.2 Å². The van der Waals surface area contributed by atoms with E-state index in [1.165, 1.54) is 6.42 Å². The van der Waals surface area contributed by atoms with E-state index < -0.39 is 6.04 Å². The number of rotatable bonds is 10. The molecule has 5 nitrogen and oxygen atoms in total. The Kier molecular flexibility index (Phi) is 9.36. The number of ether oxygens (including phenoxy) is 1. The quantitative estimate of drug-likeness (QED) is 0.368. The number of nitrogens with one attached hydrogen (secondary N) is 1. The highest BCUT2D eigenvalue weighted by Gasteiger charge is 2.30. The molecule has 1 atom stereocenters. The summed E-state index contributed by atoms with van der Waals surface area (Å²) in [6.45, 7) is 2.21. The SMILES string of the molecule is COc1ccc(CN(C(=O)CC(c2ccccc2)c2ccccc2)[C@H](C)C(=O)NC2CCCCC2)cc1. The molecule has 3 aromatic rings. The molecule has 0 saturated heterocycles. The van der Waals surface area contributed by atoms with Crippen LogP contribution < -0.4 is 10.1 Å². The molecule has 37 heavy (non-hydrogen) atoms. The molecule has 0 spiro atoms. The number of carbonyl (C=O) groups excluding carboxylic acids is 2. The summed E-state index contributed by atoms with van der Waals surface area (Å²) < 4.78 is 5.30. The van der Waals surface area contributed by atoms with Crippen molar-refractivity contribution in [2.45, 2.75) is 70.0 Å². The molecule has 0 heterocycles. The standard InChI is InChI=1S/C32H38N2O3/c1-24(32(36)33-28-16-10-5-11-17-28)34(23-25-18-20-29(37-2)21-19-25)31(35)22-30(26-12-6-3-7-13-26)27-14-8-4-9-15-27/h3-4,6-9,12-15,18-21,24,28,30H,5,10-11,16-17,22-23H2,1-2H3,(H,33,36)/t24-/m1/s1. The molecule has 1 fully saturated rings. The lowest BCUT2D eigenvalue weighted by Gasteiger charge is -2.32. The van der Waals surface area contributed by atoms with E-state index in [0.717, 1.165) is 48.1 Å². The Hall–Kier alpha value is -3.60. The summed E-state index contributed by atoms with van der Waals surface area (Å²) in [5.74, 6) is 0.546. The molecule has 4 rings (SSSR count). The largest absolute Gasteiger partial charge is 0.497 e. The summed E-state index contributed by atoms with van der Waals surface area (Å²) >= 11 is 0. The van der Waals surface area contributed by atoms with Gasteiger partial charge in [0.05, 0.1) is 7.11 Å². The molecule has 0 aromatic heterocycles. The third kappa shape index (κ3) is 7.22. The van der Waals surface area contributed by atoms with Gasteiger partial charge in [0.1, 0.15) is 11.8 Å². The predicted molar refractivity (Wildman–Crippen MR) is 147 cm³/mol. The van der Waals surface area contributed by atoms with Gasteiger partial charge in [0.2, 0.25) is 11.8 Å². The van der Waals surface area contributed by atoms with Crippen LogP contribution >= 0.6 is 0 Å². The molecule has 3 aromatic carbocycles. The van der Waals surface area contributed by atoms with Gasteiger partial charge in [0, 0.05) is 24.9 Å². The fourth-order valence-corrected chi connectivity index (χ4v) is 5.17. The normalized spacial score (nSPS) is 14.7. The Balaban J connectivity index is 1.58. The van der Waals surface area contributed by atoms with Crippen molar-refractivity contribution in [3.05, 3.63) is 102 Å². The van der Waals surface area contributed by atoms with Gasteiger partial charge in [-0.15, -0.1) is 0 Å². The minimum atomic E-state index is -0.580. The molecule has 1 aliphatic rings. The van der Waals surface area contributed by atoms with E-state index in [0.29, 0.717) is 6.54 Å². The number of hydrogen-bond donors (Lipinski definition) is 1. The van der Waals surface area contributed by atoms with Crippen molar-refractivity contribution in [1.29, 1.82) is 0 Å². The predicted octanol–water partition coefficient (Wildman–Crippen LogP) is 6.08. The second-order valence-corrected chi connectivity index (χ2v) is 9.97. The van der Waals surface area contributed by atoms with Crippen LogP contribution in [0.2, 0.25) is 0 Å². The first-order valence-corrected chi connectivity index (χ1v) is 13.4. The highest BCUT2D eigenvalue weighted by molar-refractivity contribution is 5.88. The van der Waals surface area contributed by atoms with E-state index in [4.69, 9.17) is 4.74 Å². The van der Waals surface area contributed by atoms with Crippen LogP contribution in [0.3, 0.4) is 0 Å². The molecule has 2 amide bonds. The van der Waals surface area contributed by atoms with Crippen LogP contribution in [0.15, 0.2) is 84.9 Å². The summed E-state index contributed by atoms with van der Waals surface area (Å²) in [5, 5.41) is 3.22. The topological polar surface area (TPSA) is 58.6 Å². The van der Waals surface area contributed by atoms with Crippen LogP contribution in [0.5, 0.6) is 5.75 Å². The van der Waals surface area contributed by atoms with Crippen molar-refractivity contribution in [2.75, 3.05) is 7.11 Å². The van der Waals surface area contributed by atoms with Crippen molar-refractivity contribution < 1.29 is 14.3 Å². The Morgan fingerprint density at radius 3 is 1.97 bits per heavy atom. The van der Waals surface area contributed by atoms with Crippen LogP contribution in [0.1, 0.15) is 68.1 Å². The smallest absolute Gasteiger partial charge is 0.242 e. The fraction of sp³-hybridized carbons (Fsp3) is 0.375. The molecule has 1 aliphatic carbocycles. The first-order chi connectivity index (χ1) is 18.0. The third-order valence-electron chi connectivity index (χ3n) is 7.41. The lowest BCUT2D eigenvalue weighted by atomic mass is 9.88. The molecule has 0 aliphatic heterocycles. The van der Waals surface area contributed by atoms with Crippen molar-refractivity contribution in [2.24, 2.45) is 0 Å². The maximum absolute atomic E-state index is 14.0. The number of amides is 2. The second kappa shape index (κ2) is 13.1. The number of carbonyl (C=O) groups is 2. The summed E-state index contributed by atoms with van der Waals surface area (Å²) in [5.41, 5.74) is 3.14. The number of nitrogens with zero attached hydrogens (tertiary/aromatic N) is 1. The molecule has 5 heteroatoms. The monoisotopic (exact) mass is 498 g/mol. The zero-order chi connectivity index (χ0) is 26.0. The summed E-state index contributed by atoms with van der Waals surface area (Å²) in [6, 6.07) is 27.6. The average Bonchev–Trinajstić information content (AvgIpc) is 2.96. The first-order valence-electron chi connectivity index (χ1n) is 13.4. The second-order valence-electron chi connectivity index (χ2n) is 9.97. The Morgan fingerprint density at radius 1 is 0.865 bits per heavy atom. The lowest BCUT2D eigenvalue weighted by molar-refractivity contribution is -0.141. The minimum Gasteiger partial charge on any atom is -0.497 e. The van der Waals surface area contributed by atoms with Crippen molar-refractivity contribution >= 4 is 11.8 Å². The van der Waals surface area contributed by atoms with Crippen molar-refractivity contribution in [3.8, 4) is 5.75 Å². The van der Waals surface area contributed by atoms with Crippen LogP contribution in [0.4, 0.5) is 0 Å². The van der Waals surface area contributed by atoms with E-state index in [1.54, 1.807) is 12.0 Å². The maximum Gasteiger partial charge on any atom is 0.242 e.